The Hall–Kier alpha value is -3.46. The molecule has 3 nitrogen and oxygen atoms in total. The molecule has 0 bridgehead atoms. The van der Waals surface area contributed by atoms with Crippen LogP contribution in [0.4, 0.5) is 0 Å². The minimum absolute atomic E-state index is 0. The number of rotatable bonds is 3. The van der Waals surface area contributed by atoms with Gasteiger partial charge in [0, 0.05) is 38.7 Å². The van der Waals surface area contributed by atoms with E-state index in [1.54, 1.807) is 18.6 Å². The van der Waals surface area contributed by atoms with Gasteiger partial charge in [-0.25, -0.2) is 0 Å². The third-order valence-electron chi connectivity index (χ3n) is 4.35. The summed E-state index contributed by atoms with van der Waals surface area (Å²) >= 11 is 0. The first-order valence-electron chi connectivity index (χ1n) is 9.63. The maximum atomic E-state index is 4.35. The van der Waals surface area contributed by atoms with E-state index in [9.17, 15) is 0 Å². The fourth-order valence-electron chi connectivity index (χ4n) is 2.90. The van der Waals surface area contributed by atoms with Crippen molar-refractivity contribution in [2.24, 2.45) is 0 Å². The molecule has 0 saturated heterocycles. The zero-order valence-corrected chi connectivity index (χ0v) is 19.0. The minimum Gasteiger partial charge on any atom is -0.305 e. The van der Waals surface area contributed by atoms with Gasteiger partial charge in [-0.2, -0.15) is 0 Å². The Bertz CT molecular complexity index is 1070. The first kappa shape index (κ1) is 22.2. The predicted molar refractivity (Wildman–Crippen MR) is 120 cm³/mol. The zero-order chi connectivity index (χ0) is 20.4. The molecule has 3 aromatic heterocycles. The van der Waals surface area contributed by atoms with E-state index in [1.165, 1.54) is 0 Å². The summed E-state index contributed by atoms with van der Waals surface area (Å²) in [6, 6.07) is 37.8. The molecule has 31 heavy (non-hydrogen) atoms. The molecule has 0 aliphatic rings. The fourth-order valence-corrected chi connectivity index (χ4v) is 2.90. The number of benzene rings is 2. The molecule has 0 amide bonds. The van der Waals surface area contributed by atoms with E-state index < -0.39 is 0 Å². The molecule has 4 heteroatoms. The van der Waals surface area contributed by atoms with Crippen LogP contribution in [0.1, 0.15) is 0 Å². The van der Waals surface area contributed by atoms with Crippen LogP contribution in [-0.2, 0) is 20.1 Å². The zero-order valence-electron chi connectivity index (χ0n) is 16.6. The summed E-state index contributed by atoms with van der Waals surface area (Å²) in [5, 5.41) is 0. The van der Waals surface area contributed by atoms with E-state index in [0.717, 1.165) is 33.8 Å². The van der Waals surface area contributed by atoms with Crippen molar-refractivity contribution in [3.05, 3.63) is 128 Å². The number of hydrogen-bond acceptors (Lipinski definition) is 3. The van der Waals surface area contributed by atoms with Crippen molar-refractivity contribution in [3.8, 4) is 33.8 Å². The predicted octanol–water partition coefficient (Wildman–Crippen LogP) is 6.16. The number of nitrogens with zero attached hydrogens (tertiary/aromatic N) is 3. The summed E-state index contributed by atoms with van der Waals surface area (Å²) in [7, 11) is 0. The molecule has 5 rings (SSSR count). The molecule has 0 atom stereocenters. The second-order valence-corrected chi connectivity index (χ2v) is 6.41. The van der Waals surface area contributed by atoms with Gasteiger partial charge in [0.2, 0.25) is 0 Å². The van der Waals surface area contributed by atoms with Crippen LogP contribution in [0.25, 0.3) is 33.8 Å². The molecule has 5 aromatic rings. The van der Waals surface area contributed by atoms with Crippen LogP contribution in [-0.4, -0.2) is 15.0 Å². The van der Waals surface area contributed by atoms with E-state index in [4.69, 9.17) is 0 Å². The van der Waals surface area contributed by atoms with Crippen LogP contribution < -0.4 is 0 Å². The van der Waals surface area contributed by atoms with E-state index in [0.29, 0.717) is 0 Å². The van der Waals surface area contributed by atoms with Crippen molar-refractivity contribution in [3.63, 3.8) is 0 Å². The van der Waals surface area contributed by atoms with Crippen molar-refractivity contribution in [1.29, 1.82) is 0 Å². The largest absolute Gasteiger partial charge is 0.305 e. The summed E-state index contributed by atoms with van der Waals surface area (Å²) in [5.41, 5.74) is 5.96. The monoisotopic (exact) mass is 578 g/mol. The molecule has 1 radical (unpaired) electrons. The maximum Gasteiger partial charge on any atom is 0.0518 e. The van der Waals surface area contributed by atoms with Gasteiger partial charge in [0.1, 0.15) is 0 Å². The SMILES string of the molecule is [Ir].[c-]1ccc(-c2ccccn2)cc1-c1ccccn1.[c-]1ccccc1-c1ccccn1. The van der Waals surface area contributed by atoms with E-state index in [2.05, 4.69) is 33.2 Å². The van der Waals surface area contributed by atoms with E-state index in [1.807, 2.05) is 91.0 Å². The minimum atomic E-state index is 0. The Kier molecular flexibility index (Phi) is 8.36. The van der Waals surface area contributed by atoms with Crippen LogP contribution in [0.2, 0.25) is 0 Å². The molecule has 0 aliphatic carbocycles. The molecule has 0 unspecified atom stereocenters. The van der Waals surface area contributed by atoms with Crippen molar-refractivity contribution >= 4 is 0 Å². The Morgan fingerprint density at radius 2 is 1.03 bits per heavy atom. The maximum absolute atomic E-state index is 4.35. The third-order valence-corrected chi connectivity index (χ3v) is 4.35. The molecular weight excluding hydrogens is 559 g/mol. The fraction of sp³-hybridized carbons (Fsp3) is 0. The molecule has 0 fully saturated rings. The van der Waals surface area contributed by atoms with Crippen molar-refractivity contribution < 1.29 is 20.1 Å². The summed E-state index contributed by atoms with van der Waals surface area (Å²) in [6.07, 6.45) is 5.37. The number of pyridine rings is 3. The molecule has 153 valence electrons. The molecule has 0 saturated carbocycles. The van der Waals surface area contributed by atoms with Gasteiger partial charge >= 0.3 is 0 Å². The molecule has 3 heterocycles. The van der Waals surface area contributed by atoms with E-state index in [-0.39, 0.29) is 20.1 Å². The van der Waals surface area contributed by atoms with Crippen LogP contribution >= 0.6 is 0 Å². The van der Waals surface area contributed by atoms with Crippen LogP contribution in [0.15, 0.2) is 116 Å². The molecular formula is C27H19IrN3-2. The van der Waals surface area contributed by atoms with Gasteiger partial charge in [-0.05, 0) is 35.7 Å². The average Bonchev–Trinajstić information content (AvgIpc) is 2.87. The van der Waals surface area contributed by atoms with Gasteiger partial charge in [-0.3, -0.25) is 4.98 Å². The van der Waals surface area contributed by atoms with Gasteiger partial charge in [0.05, 0.1) is 5.69 Å². The summed E-state index contributed by atoms with van der Waals surface area (Å²) < 4.78 is 0. The topological polar surface area (TPSA) is 38.7 Å². The Morgan fingerprint density at radius 3 is 1.58 bits per heavy atom. The second kappa shape index (κ2) is 11.7. The Balaban J connectivity index is 0.000000183. The van der Waals surface area contributed by atoms with Crippen molar-refractivity contribution in [2.75, 3.05) is 0 Å². The molecule has 0 N–H and O–H groups in total. The van der Waals surface area contributed by atoms with Crippen LogP contribution in [0.3, 0.4) is 0 Å². The normalized spacial score (nSPS) is 9.68. The van der Waals surface area contributed by atoms with Crippen LogP contribution in [0, 0.1) is 12.1 Å². The van der Waals surface area contributed by atoms with Gasteiger partial charge < -0.3 is 9.97 Å². The van der Waals surface area contributed by atoms with Crippen molar-refractivity contribution in [2.45, 2.75) is 0 Å². The third kappa shape index (κ3) is 6.26. The van der Waals surface area contributed by atoms with Gasteiger partial charge in [-0.15, -0.1) is 65.7 Å². The molecule has 2 aromatic carbocycles. The first-order chi connectivity index (χ1) is 14.9. The summed E-state index contributed by atoms with van der Waals surface area (Å²) in [6.45, 7) is 0. The summed E-state index contributed by atoms with van der Waals surface area (Å²) in [5.74, 6) is 0. The quantitative estimate of drug-likeness (QED) is 0.241. The van der Waals surface area contributed by atoms with E-state index >= 15 is 0 Å². The Labute approximate surface area is 196 Å². The Morgan fingerprint density at radius 1 is 0.484 bits per heavy atom. The van der Waals surface area contributed by atoms with Gasteiger partial charge in [0.25, 0.3) is 0 Å². The standard InChI is InChI=1S/C16H11N2.C11H8N.Ir/c1-3-10-17-15(8-1)13-6-5-7-14(12-13)16-9-2-4-11-18-16;1-2-6-10(7-3-1)11-8-4-5-9-12-11;/h1-6,8-12H;1-6,8-9H;/q2*-1;. The summed E-state index contributed by atoms with van der Waals surface area (Å²) in [4.78, 5) is 12.9. The first-order valence-corrected chi connectivity index (χ1v) is 9.63. The molecule has 0 aliphatic heterocycles. The smallest absolute Gasteiger partial charge is 0.0518 e. The average molecular weight is 578 g/mol. The van der Waals surface area contributed by atoms with Gasteiger partial charge in [-0.1, -0.05) is 35.9 Å². The molecule has 0 spiro atoms. The van der Waals surface area contributed by atoms with Gasteiger partial charge in [0.15, 0.2) is 0 Å². The number of hydrogen-bond donors (Lipinski definition) is 0. The van der Waals surface area contributed by atoms with Crippen molar-refractivity contribution in [1.82, 2.24) is 15.0 Å². The van der Waals surface area contributed by atoms with Crippen LogP contribution in [0.5, 0.6) is 0 Å². The second-order valence-electron chi connectivity index (χ2n) is 6.41. The number of aromatic nitrogens is 3.